The second-order valence-electron chi connectivity index (χ2n) is 6.41. The lowest BCUT2D eigenvalue weighted by Gasteiger charge is -2.47. The Morgan fingerprint density at radius 2 is 2.00 bits per heavy atom. The van der Waals surface area contributed by atoms with E-state index in [1.54, 1.807) is 7.11 Å². The van der Waals surface area contributed by atoms with E-state index in [9.17, 15) is 0 Å². The first kappa shape index (κ1) is 13.9. The van der Waals surface area contributed by atoms with E-state index in [4.69, 9.17) is 4.74 Å². The molecule has 3 heteroatoms. The van der Waals surface area contributed by atoms with Crippen LogP contribution < -0.4 is 10.1 Å². The molecule has 110 valence electrons. The van der Waals surface area contributed by atoms with Crippen LogP contribution in [0.25, 0.3) is 0 Å². The van der Waals surface area contributed by atoms with Gasteiger partial charge in [-0.1, -0.05) is 6.07 Å². The maximum atomic E-state index is 5.38. The Kier molecular flexibility index (Phi) is 3.74. The number of nitrogens with zero attached hydrogens (tertiary/aromatic N) is 1. The number of piperidine rings is 1. The van der Waals surface area contributed by atoms with Crippen LogP contribution in [0.4, 0.5) is 0 Å². The lowest BCUT2D eigenvalue weighted by Crippen LogP contribution is -2.55. The lowest BCUT2D eigenvalue weighted by atomic mass is 9.75. The van der Waals surface area contributed by atoms with Gasteiger partial charge in [-0.15, -0.1) is 0 Å². The molecular weight excluding hydrogens is 248 g/mol. The number of benzene rings is 1. The van der Waals surface area contributed by atoms with Gasteiger partial charge < -0.3 is 15.0 Å². The number of hydrogen-bond donors (Lipinski definition) is 1. The topological polar surface area (TPSA) is 24.5 Å². The van der Waals surface area contributed by atoms with Crippen LogP contribution in [0.1, 0.15) is 37.8 Å². The van der Waals surface area contributed by atoms with Crippen molar-refractivity contribution in [2.75, 3.05) is 26.7 Å². The monoisotopic (exact) mass is 274 g/mol. The van der Waals surface area contributed by atoms with Crippen molar-refractivity contribution < 1.29 is 4.74 Å². The van der Waals surface area contributed by atoms with E-state index in [-0.39, 0.29) is 5.54 Å². The van der Waals surface area contributed by atoms with Crippen molar-refractivity contribution in [2.24, 2.45) is 0 Å². The molecule has 1 aromatic carbocycles. The number of methoxy groups -OCH3 is 1. The molecule has 2 aliphatic heterocycles. The van der Waals surface area contributed by atoms with E-state index in [1.165, 1.54) is 37.1 Å². The number of fused-ring (bicyclic) bond motifs is 2. The van der Waals surface area contributed by atoms with Gasteiger partial charge in [0.15, 0.2) is 0 Å². The van der Waals surface area contributed by atoms with Crippen LogP contribution in [-0.2, 0) is 12.0 Å². The largest absolute Gasteiger partial charge is 0.497 e. The van der Waals surface area contributed by atoms with Gasteiger partial charge in [-0.3, -0.25) is 0 Å². The number of nitrogens with one attached hydrogen (secondary N) is 1. The summed E-state index contributed by atoms with van der Waals surface area (Å²) in [7, 11) is 1.75. The molecule has 1 spiro atoms. The minimum absolute atomic E-state index is 0.200. The first-order valence-electron chi connectivity index (χ1n) is 7.81. The van der Waals surface area contributed by atoms with Crippen molar-refractivity contribution in [3.05, 3.63) is 29.3 Å². The van der Waals surface area contributed by atoms with Crippen molar-refractivity contribution in [3.63, 3.8) is 0 Å². The molecule has 20 heavy (non-hydrogen) atoms. The van der Waals surface area contributed by atoms with Gasteiger partial charge >= 0.3 is 0 Å². The Balaban J connectivity index is 1.87. The van der Waals surface area contributed by atoms with Crippen molar-refractivity contribution in [1.29, 1.82) is 0 Å². The molecule has 0 saturated carbocycles. The fourth-order valence-corrected chi connectivity index (χ4v) is 3.77. The van der Waals surface area contributed by atoms with Crippen molar-refractivity contribution in [1.82, 2.24) is 10.2 Å². The standard InChI is InChI=1S/C17H26N2O/c1-13(2)19-10-7-17(8-11-19)16-5-4-15(20-3)12-14(16)6-9-18-17/h4-5,12-13,18H,6-11H2,1-3H3. The van der Waals surface area contributed by atoms with Gasteiger partial charge in [0.1, 0.15) is 5.75 Å². The second-order valence-corrected chi connectivity index (χ2v) is 6.41. The molecule has 0 unspecified atom stereocenters. The number of hydrogen-bond acceptors (Lipinski definition) is 3. The molecule has 1 N–H and O–H groups in total. The predicted octanol–water partition coefficient (Wildman–Crippen LogP) is 2.54. The molecule has 0 atom stereocenters. The maximum absolute atomic E-state index is 5.38. The van der Waals surface area contributed by atoms with E-state index in [1.807, 2.05) is 0 Å². The average molecular weight is 274 g/mol. The first-order chi connectivity index (χ1) is 9.64. The van der Waals surface area contributed by atoms with Crippen LogP contribution in [0.5, 0.6) is 5.75 Å². The highest BCUT2D eigenvalue weighted by Gasteiger charge is 2.39. The number of ether oxygens (including phenoxy) is 1. The Morgan fingerprint density at radius 1 is 1.25 bits per heavy atom. The third-order valence-electron chi connectivity index (χ3n) is 5.07. The van der Waals surface area contributed by atoms with Crippen LogP contribution >= 0.6 is 0 Å². The smallest absolute Gasteiger partial charge is 0.119 e. The summed E-state index contributed by atoms with van der Waals surface area (Å²) in [5.41, 5.74) is 3.18. The summed E-state index contributed by atoms with van der Waals surface area (Å²) >= 11 is 0. The minimum Gasteiger partial charge on any atom is -0.497 e. The summed E-state index contributed by atoms with van der Waals surface area (Å²) in [6.45, 7) is 8.06. The molecule has 3 rings (SSSR count). The molecule has 0 amide bonds. The van der Waals surface area contributed by atoms with E-state index in [0.717, 1.165) is 18.7 Å². The van der Waals surface area contributed by atoms with E-state index in [2.05, 4.69) is 42.3 Å². The van der Waals surface area contributed by atoms with Gasteiger partial charge in [0.05, 0.1) is 7.11 Å². The number of likely N-dealkylation sites (tertiary alicyclic amines) is 1. The van der Waals surface area contributed by atoms with Gasteiger partial charge in [0.2, 0.25) is 0 Å². The molecule has 0 aromatic heterocycles. The Morgan fingerprint density at radius 3 is 2.65 bits per heavy atom. The second kappa shape index (κ2) is 5.38. The summed E-state index contributed by atoms with van der Waals surface area (Å²) in [4.78, 5) is 2.59. The zero-order valence-electron chi connectivity index (χ0n) is 12.9. The quantitative estimate of drug-likeness (QED) is 0.897. The fourth-order valence-electron chi connectivity index (χ4n) is 3.77. The lowest BCUT2D eigenvalue weighted by molar-refractivity contribution is 0.105. The van der Waals surface area contributed by atoms with Gasteiger partial charge in [-0.25, -0.2) is 0 Å². The zero-order chi connectivity index (χ0) is 14.2. The highest BCUT2D eigenvalue weighted by atomic mass is 16.5. The summed E-state index contributed by atoms with van der Waals surface area (Å²) < 4.78 is 5.38. The van der Waals surface area contributed by atoms with Crippen LogP contribution in [0.15, 0.2) is 18.2 Å². The van der Waals surface area contributed by atoms with Crippen molar-refractivity contribution >= 4 is 0 Å². The minimum atomic E-state index is 0.200. The van der Waals surface area contributed by atoms with Crippen LogP contribution in [0.2, 0.25) is 0 Å². The summed E-state index contributed by atoms with van der Waals surface area (Å²) in [5.74, 6) is 0.986. The van der Waals surface area contributed by atoms with Gasteiger partial charge in [0.25, 0.3) is 0 Å². The van der Waals surface area contributed by atoms with E-state index in [0.29, 0.717) is 6.04 Å². The molecule has 2 heterocycles. The van der Waals surface area contributed by atoms with E-state index < -0.39 is 0 Å². The number of rotatable bonds is 2. The fraction of sp³-hybridized carbons (Fsp3) is 0.647. The molecule has 0 radical (unpaired) electrons. The molecule has 1 fully saturated rings. The third-order valence-corrected chi connectivity index (χ3v) is 5.07. The van der Waals surface area contributed by atoms with Gasteiger partial charge in [0, 0.05) is 31.2 Å². The van der Waals surface area contributed by atoms with Crippen LogP contribution in [0, 0.1) is 0 Å². The third kappa shape index (κ3) is 2.33. The molecule has 1 aromatic rings. The van der Waals surface area contributed by atoms with Gasteiger partial charge in [-0.05, 0) is 56.4 Å². The van der Waals surface area contributed by atoms with Crippen molar-refractivity contribution in [2.45, 2.75) is 44.7 Å². The Hall–Kier alpha value is -1.06. The molecule has 1 saturated heterocycles. The van der Waals surface area contributed by atoms with Crippen LogP contribution in [0.3, 0.4) is 0 Å². The summed E-state index contributed by atoms with van der Waals surface area (Å²) in [6, 6.07) is 7.28. The first-order valence-corrected chi connectivity index (χ1v) is 7.81. The summed E-state index contributed by atoms with van der Waals surface area (Å²) in [5, 5.41) is 3.82. The van der Waals surface area contributed by atoms with Gasteiger partial charge in [-0.2, -0.15) is 0 Å². The molecule has 0 bridgehead atoms. The Labute approximate surface area is 122 Å². The zero-order valence-corrected chi connectivity index (χ0v) is 12.9. The van der Waals surface area contributed by atoms with Crippen molar-refractivity contribution in [3.8, 4) is 5.75 Å². The van der Waals surface area contributed by atoms with Crippen LogP contribution in [-0.4, -0.2) is 37.7 Å². The average Bonchev–Trinajstić information content (AvgIpc) is 2.47. The SMILES string of the molecule is COc1ccc2c(c1)CCNC21CCN(C(C)C)CC1. The summed E-state index contributed by atoms with van der Waals surface area (Å²) in [6.07, 6.45) is 3.54. The highest BCUT2D eigenvalue weighted by Crippen LogP contribution is 2.39. The molecular formula is C17H26N2O. The Bertz CT molecular complexity index is 476. The highest BCUT2D eigenvalue weighted by molar-refractivity contribution is 5.42. The molecule has 2 aliphatic rings. The maximum Gasteiger partial charge on any atom is 0.119 e. The predicted molar refractivity (Wildman–Crippen MR) is 82.3 cm³/mol. The normalized spacial score (nSPS) is 22.0. The molecule has 3 nitrogen and oxygen atoms in total. The van der Waals surface area contributed by atoms with E-state index >= 15 is 0 Å². The molecule has 0 aliphatic carbocycles.